The van der Waals surface area contributed by atoms with Gasteiger partial charge in [-0.2, -0.15) is 0 Å². The predicted molar refractivity (Wildman–Crippen MR) is 117 cm³/mol. The molecule has 0 bridgehead atoms. The van der Waals surface area contributed by atoms with Crippen molar-refractivity contribution in [2.24, 2.45) is 0 Å². The molecule has 0 aliphatic rings. The molecule has 0 saturated carbocycles. The molecule has 1 heterocycles. The number of ketones is 1. The first kappa shape index (κ1) is 20.3. The summed E-state index contributed by atoms with van der Waals surface area (Å²) in [5.41, 5.74) is 3.87. The molecule has 1 amide bonds. The summed E-state index contributed by atoms with van der Waals surface area (Å²) in [5.74, 6) is 0.330. The van der Waals surface area contributed by atoms with E-state index in [0.717, 1.165) is 5.69 Å². The lowest BCUT2D eigenvalue weighted by Crippen LogP contribution is -2.12. The van der Waals surface area contributed by atoms with Crippen LogP contribution in [0.4, 0.5) is 17.2 Å². The van der Waals surface area contributed by atoms with Gasteiger partial charge in [-0.15, -0.1) is 0 Å². The van der Waals surface area contributed by atoms with Crippen molar-refractivity contribution in [3.8, 4) is 0 Å². The maximum atomic E-state index is 12.4. The van der Waals surface area contributed by atoms with Gasteiger partial charge < -0.3 is 10.6 Å². The zero-order chi connectivity index (χ0) is 21.0. The summed E-state index contributed by atoms with van der Waals surface area (Å²) in [6.45, 7) is 8.03. The Hall–Kier alpha value is -3.47. The minimum Gasteiger partial charge on any atom is -0.340 e. The fraction of sp³-hybridized carbons (Fsp3) is 0.208. The molecule has 0 radical (unpaired) electrons. The minimum atomic E-state index is -0.278. The van der Waals surface area contributed by atoms with Gasteiger partial charge in [0.25, 0.3) is 5.91 Å². The van der Waals surface area contributed by atoms with Crippen LogP contribution in [-0.2, 0) is 5.41 Å². The molecule has 148 valence electrons. The Morgan fingerprint density at radius 2 is 1.59 bits per heavy atom. The van der Waals surface area contributed by atoms with Crippen molar-refractivity contribution in [1.29, 1.82) is 0 Å². The van der Waals surface area contributed by atoms with Crippen LogP contribution in [0.25, 0.3) is 0 Å². The average Bonchev–Trinajstić information content (AvgIpc) is 2.68. The molecule has 29 heavy (non-hydrogen) atoms. The smallest absolute Gasteiger partial charge is 0.257 e. The largest absolute Gasteiger partial charge is 0.340 e. The van der Waals surface area contributed by atoms with E-state index in [-0.39, 0.29) is 17.1 Å². The van der Waals surface area contributed by atoms with Gasteiger partial charge in [0, 0.05) is 23.1 Å². The van der Waals surface area contributed by atoms with Gasteiger partial charge in [0.2, 0.25) is 0 Å². The fourth-order valence-electron chi connectivity index (χ4n) is 2.82. The Labute approximate surface area is 171 Å². The van der Waals surface area contributed by atoms with Gasteiger partial charge in [0.15, 0.2) is 5.78 Å². The third-order valence-corrected chi connectivity index (χ3v) is 4.58. The van der Waals surface area contributed by atoms with Crippen LogP contribution in [0.3, 0.4) is 0 Å². The van der Waals surface area contributed by atoms with E-state index >= 15 is 0 Å². The lowest BCUT2D eigenvalue weighted by molar-refractivity contribution is 0.101. The summed E-state index contributed by atoms with van der Waals surface area (Å²) in [5, 5.41) is 6.03. The second kappa shape index (κ2) is 8.27. The number of Topliss-reactive ketones (excluding diaryl/α,β-unsaturated/α-hetero) is 1. The van der Waals surface area contributed by atoms with E-state index in [1.54, 1.807) is 36.4 Å². The Kier molecular flexibility index (Phi) is 5.78. The summed E-state index contributed by atoms with van der Waals surface area (Å²) in [7, 11) is 0. The first-order valence-corrected chi connectivity index (χ1v) is 9.48. The zero-order valence-corrected chi connectivity index (χ0v) is 17.1. The fourth-order valence-corrected chi connectivity index (χ4v) is 2.82. The predicted octanol–water partition coefficient (Wildman–Crippen LogP) is 5.58. The molecular formula is C24H25N3O2. The number of hydrogen-bond acceptors (Lipinski definition) is 4. The van der Waals surface area contributed by atoms with Crippen LogP contribution in [0.1, 0.15) is 54.0 Å². The molecule has 0 saturated heterocycles. The molecule has 1 aromatic heterocycles. The van der Waals surface area contributed by atoms with Crippen LogP contribution in [0, 0.1) is 0 Å². The number of carbonyl (C=O) groups excluding carboxylic acids is 2. The van der Waals surface area contributed by atoms with Crippen molar-refractivity contribution in [1.82, 2.24) is 4.98 Å². The summed E-state index contributed by atoms with van der Waals surface area (Å²) in [4.78, 5) is 28.2. The maximum Gasteiger partial charge on any atom is 0.257 e. The number of benzene rings is 2. The van der Waals surface area contributed by atoms with Crippen molar-refractivity contribution in [2.45, 2.75) is 33.1 Å². The van der Waals surface area contributed by atoms with Crippen LogP contribution >= 0.6 is 0 Å². The molecule has 0 unspecified atom stereocenters. The van der Waals surface area contributed by atoms with Gasteiger partial charge in [-0.05, 0) is 54.3 Å². The highest BCUT2D eigenvalue weighted by molar-refractivity contribution is 6.05. The van der Waals surface area contributed by atoms with Crippen LogP contribution in [0.2, 0.25) is 0 Å². The highest BCUT2D eigenvalue weighted by Crippen LogP contribution is 2.24. The SMILES string of the molecule is CC(=O)c1cccc(NC(=O)c2ccc(Nc3ccc(C(C)(C)C)cc3)nc2)c1. The number of hydrogen-bond donors (Lipinski definition) is 2. The minimum absolute atomic E-state index is 0.0475. The number of pyridine rings is 1. The topological polar surface area (TPSA) is 71.1 Å². The second-order valence-corrected chi connectivity index (χ2v) is 7.98. The van der Waals surface area contributed by atoms with Gasteiger partial charge in [-0.25, -0.2) is 4.98 Å². The van der Waals surface area contributed by atoms with Crippen LogP contribution < -0.4 is 10.6 Å². The van der Waals surface area contributed by atoms with E-state index < -0.39 is 0 Å². The molecule has 5 nitrogen and oxygen atoms in total. The van der Waals surface area contributed by atoms with Crippen LogP contribution in [0.15, 0.2) is 66.9 Å². The van der Waals surface area contributed by atoms with Gasteiger partial charge in [0.05, 0.1) is 5.56 Å². The summed E-state index contributed by atoms with van der Waals surface area (Å²) in [6, 6.07) is 18.6. The molecule has 3 aromatic rings. The highest BCUT2D eigenvalue weighted by Gasteiger charge is 2.13. The number of nitrogens with zero attached hydrogens (tertiary/aromatic N) is 1. The molecule has 0 atom stereocenters. The van der Waals surface area contributed by atoms with Gasteiger partial charge in [-0.3, -0.25) is 9.59 Å². The maximum absolute atomic E-state index is 12.4. The van der Waals surface area contributed by atoms with E-state index in [4.69, 9.17) is 0 Å². The summed E-state index contributed by atoms with van der Waals surface area (Å²) >= 11 is 0. The third-order valence-electron chi connectivity index (χ3n) is 4.58. The standard InChI is InChI=1S/C24H25N3O2/c1-16(28)17-6-5-7-21(14-17)27-23(29)18-8-13-22(25-15-18)26-20-11-9-19(10-12-20)24(2,3)4/h5-15H,1-4H3,(H,25,26)(H,27,29). The molecule has 0 aliphatic heterocycles. The molecule has 3 rings (SSSR count). The van der Waals surface area contributed by atoms with Crippen molar-refractivity contribution >= 4 is 28.9 Å². The van der Waals surface area contributed by atoms with Gasteiger partial charge >= 0.3 is 0 Å². The van der Waals surface area contributed by atoms with Crippen molar-refractivity contribution < 1.29 is 9.59 Å². The van der Waals surface area contributed by atoms with E-state index in [1.807, 2.05) is 12.1 Å². The number of carbonyl (C=O) groups is 2. The lowest BCUT2D eigenvalue weighted by Gasteiger charge is -2.19. The molecular weight excluding hydrogens is 362 g/mol. The first-order chi connectivity index (χ1) is 13.7. The number of anilines is 3. The van der Waals surface area contributed by atoms with Gasteiger partial charge in [0.1, 0.15) is 5.82 Å². The average molecular weight is 387 g/mol. The Balaban J connectivity index is 1.66. The Morgan fingerprint density at radius 1 is 0.862 bits per heavy atom. The summed E-state index contributed by atoms with van der Waals surface area (Å²) in [6.07, 6.45) is 1.52. The van der Waals surface area contributed by atoms with Crippen molar-refractivity contribution in [2.75, 3.05) is 10.6 Å². The monoisotopic (exact) mass is 387 g/mol. The number of rotatable bonds is 5. The zero-order valence-electron chi connectivity index (χ0n) is 17.1. The van der Waals surface area contributed by atoms with Crippen molar-refractivity contribution in [3.05, 3.63) is 83.6 Å². The molecule has 0 aliphatic carbocycles. The van der Waals surface area contributed by atoms with E-state index in [2.05, 4.69) is 48.5 Å². The molecule has 0 spiro atoms. The van der Waals surface area contributed by atoms with Crippen LogP contribution in [-0.4, -0.2) is 16.7 Å². The molecule has 2 N–H and O–H groups in total. The normalized spacial score (nSPS) is 11.0. The summed E-state index contributed by atoms with van der Waals surface area (Å²) < 4.78 is 0. The number of nitrogens with one attached hydrogen (secondary N) is 2. The third kappa shape index (κ3) is 5.29. The molecule has 5 heteroatoms. The quantitative estimate of drug-likeness (QED) is 0.561. The van der Waals surface area contributed by atoms with E-state index in [0.29, 0.717) is 22.6 Å². The molecule has 2 aromatic carbocycles. The van der Waals surface area contributed by atoms with Gasteiger partial charge in [-0.1, -0.05) is 45.0 Å². The van der Waals surface area contributed by atoms with E-state index in [1.165, 1.54) is 18.7 Å². The number of amides is 1. The van der Waals surface area contributed by atoms with Crippen molar-refractivity contribution in [3.63, 3.8) is 0 Å². The Bertz CT molecular complexity index is 1020. The van der Waals surface area contributed by atoms with E-state index in [9.17, 15) is 9.59 Å². The highest BCUT2D eigenvalue weighted by atomic mass is 16.1. The lowest BCUT2D eigenvalue weighted by atomic mass is 9.87. The Morgan fingerprint density at radius 3 is 2.17 bits per heavy atom. The first-order valence-electron chi connectivity index (χ1n) is 9.48. The second-order valence-electron chi connectivity index (χ2n) is 7.98. The molecule has 0 fully saturated rings. The number of aromatic nitrogens is 1. The van der Waals surface area contributed by atoms with Crippen LogP contribution in [0.5, 0.6) is 0 Å².